The molecule has 1 fully saturated rings. The van der Waals surface area contributed by atoms with Crippen LogP contribution < -0.4 is 4.90 Å². The number of carbonyl (C=O) groups is 1. The predicted molar refractivity (Wildman–Crippen MR) is 130 cm³/mol. The highest BCUT2D eigenvalue weighted by Gasteiger charge is 2.28. The van der Waals surface area contributed by atoms with E-state index in [1.165, 1.54) is 30.3 Å². The quantitative estimate of drug-likeness (QED) is 0.243. The van der Waals surface area contributed by atoms with Gasteiger partial charge in [-0.3, -0.25) is 0 Å². The summed E-state index contributed by atoms with van der Waals surface area (Å²) >= 11 is 0. The zero-order chi connectivity index (χ0) is 25.9. The number of likely N-dealkylation sites (tertiary alicyclic amines) is 1. The molecular weight excluding hydrogens is 459 g/mol. The molecule has 190 valence electrons. The van der Waals surface area contributed by atoms with Gasteiger partial charge in [0.25, 0.3) is 0 Å². The minimum Gasteiger partial charge on any atom is -0.624 e. The predicted octanol–water partition coefficient (Wildman–Crippen LogP) is 5.41. The zero-order valence-corrected chi connectivity index (χ0v) is 20.8. The Morgan fingerprint density at radius 3 is 2.26 bits per heavy atom. The number of carbonyl (C=O) groups excluding carboxylic acids is 1. The average Bonchev–Trinajstić information content (AvgIpc) is 2.72. The van der Waals surface area contributed by atoms with Gasteiger partial charge in [-0.1, -0.05) is 6.07 Å². The Morgan fingerprint density at radius 2 is 1.74 bits per heavy atom. The van der Waals surface area contributed by atoms with Crippen molar-refractivity contribution in [2.45, 2.75) is 39.2 Å². The van der Waals surface area contributed by atoms with E-state index in [9.17, 15) is 23.2 Å². The standard InChI is InChI=1S/C26H32F3N3O3/c1-26(2,3)35-25(33)32-10-8-17(9-11-32)15-30(4)24-22(28)13-19(14-23(24)29)20-7-6-18(12-21(20)27)16-31(5)34/h6-7,12-14,16-17H,8-11,15H2,1-5H3/b31-16-. The Bertz CT molecular complexity index is 1080. The SMILES string of the molecule is CN(CC1CCN(C(=O)OC(C)(C)C)CC1)c1c(F)cc(-c2ccc(/C=[N+](/C)[O-])cc2F)cc1F. The van der Waals surface area contributed by atoms with Gasteiger partial charge in [-0.25, -0.2) is 22.7 Å². The average molecular weight is 492 g/mol. The number of benzene rings is 2. The second-order valence-electron chi connectivity index (χ2n) is 9.99. The fraction of sp³-hybridized carbons (Fsp3) is 0.462. The summed E-state index contributed by atoms with van der Waals surface area (Å²) in [7, 11) is 2.89. The van der Waals surface area contributed by atoms with E-state index in [0.717, 1.165) is 18.2 Å². The lowest BCUT2D eigenvalue weighted by atomic mass is 9.96. The molecule has 0 saturated carbocycles. The largest absolute Gasteiger partial charge is 0.624 e. The van der Waals surface area contributed by atoms with Crippen LogP contribution in [0.5, 0.6) is 0 Å². The molecule has 2 aromatic carbocycles. The molecule has 0 spiro atoms. The summed E-state index contributed by atoms with van der Waals surface area (Å²) in [6.45, 7) is 6.90. The second kappa shape index (κ2) is 10.6. The molecule has 0 atom stereocenters. The van der Waals surface area contributed by atoms with Crippen molar-refractivity contribution in [3.8, 4) is 11.1 Å². The molecule has 1 amide bonds. The van der Waals surface area contributed by atoms with E-state index < -0.39 is 23.1 Å². The Balaban J connectivity index is 1.68. The number of ether oxygens (including phenoxy) is 1. The third-order valence-electron chi connectivity index (χ3n) is 5.83. The first-order chi connectivity index (χ1) is 16.3. The maximum Gasteiger partial charge on any atom is 0.410 e. The smallest absolute Gasteiger partial charge is 0.410 e. The third-order valence-corrected chi connectivity index (χ3v) is 5.83. The highest BCUT2D eigenvalue weighted by molar-refractivity contribution is 5.78. The van der Waals surface area contributed by atoms with Crippen molar-refractivity contribution in [1.82, 2.24) is 4.90 Å². The number of hydrogen-bond acceptors (Lipinski definition) is 4. The van der Waals surface area contributed by atoms with Crippen LogP contribution in [0.15, 0.2) is 30.3 Å². The number of nitrogens with zero attached hydrogens (tertiary/aromatic N) is 3. The Labute approximate surface area is 204 Å². The van der Waals surface area contributed by atoms with Crippen LogP contribution in [0.3, 0.4) is 0 Å². The van der Waals surface area contributed by atoms with Crippen LogP contribution in [0.4, 0.5) is 23.7 Å². The van der Waals surface area contributed by atoms with Crippen molar-refractivity contribution in [2.24, 2.45) is 5.92 Å². The van der Waals surface area contributed by atoms with Crippen molar-refractivity contribution in [3.05, 3.63) is 58.6 Å². The number of amides is 1. The van der Waals surface area contributed by atoms with Crippen LogP contribution in [-0.2, 0) is 4.74 Å². The van der Waals surface area contributed by atoms with Gasteiger partial charge < -0.3 is 19.7 Å². The van der Waals surface area contributed by atoms with E-state index in [1.54, 1.807) is 11.9 Å². The van der Waals surface area contributed by atoms with Crippen LogP contribution in [0.1, 0.15) is 39.2 Å². The molecule has 0 aromatic heterocycles. The zero-order valence-electron chi connectivity index (χ0n) is 20.8. The highest BCUT2D eigenvalue weighted by atomic mass is 19.1. The lowest BCUT2D eigenvalue weighted by Crippen LogP contribution is -2.43. The number of rotatable bonds is 5. The number of hydrogen-bond donors (Lipinski definition) is 0. The van der Waals surface area contributed by atoms with Crippen molar-refractivity contribution in [1.29, 1.82) is 0 Å². The van der Waals surface area contributed by atoms with E-state index in [1.807, 2.05) is 20.8 Å². The van der Waals surface area contributed by atoms with Crippen LogP contribution in [-0.4, -0.2) is 61.3 Å². The van der Waals surface area contributed by atoms with Gasteiger partial charge in [0.2, 0.25) is 0 Å². The van der Waals surface area contributed by atoms with Crippen LogP contribution in [0.25, 0.3) is 11.1 Å². The van der Waals surface area contributed by atoms with Crippen molar-refractivity contribution < 1.29 is 27.4 Å². The van der Waals surface area contributed by atoms with E-state index in [0.29, 0.717) is 42.8 Å². The van der Waals surface area contributed by atoms with E-state index in [2.05, 4.69) is 0 Å². The van der Waals surface area contributed by atoms with Gasteiger partial charge in [-0.05, 0) is 69.4 Å². The molecule has 35 heavy (non-hydrogen) atoms. The van der Waals surface area contributed by atoms with Crippen LogP contribution >= 0.6 is 0 Å². The molecule has 1 aliphatic rings. The van der Waals surface area contributed by atoms with Gasteiger partial charge in [-0.2, -0.15) is 0 Å². The summed E-state index contributed by atoms with van der Waals surface area (Å²) in [5.41, 5.74) is -0.285. The Kier molecular flexibility index (Phi) is 7.97. The molecule has 2 aromatic rings. The Hall–Kier alpha value is -3.23. The van der Waals surface area contributed by atoms with E-state index in [4.69, 9.17) is 4.74 Å². The molecule has 1 heterocycles. The molecule has 1 aliphatic heterocycles. The lowest BCUT2D eigenvalue weighted by Gasteiger charge is -2.35. The molecule has 0 unspecified atom stereocenters. The first kappa shape index (κ1) is 26.4. The second-order valence-corrected chi connectivity index (χ2v) is 9.99. The molecular formula is C26H32F3N3O3. The molecule has 0 aliphatic carbocycles. The fourth-order valence-corrected chi connectivity index (χ4v) is 4.24. The summed E-state index contributed by atoms with van der Waals surface area (Å²) in [6, 6.07) is 6.26. The van der Waals surface area contributed by atoms with Gasteiger partial charge in [0, 0.05) is 37.8 Å². The third kappa shape index (κ3) is 6.90. The molecule has 9 heteroatoms. The van der Waals surface area contributed by atoms with Crippen molar-refractivity contribution >= 4 is 18.0 Å². The summed E-state index contributed by atoms with van der Waals surface area (Å²) in [4.78, 5) is 15.4. The molecule has 0 N–H and O–H groups in total. The fourth-order valence-electron chi connectivity index (χ4n) is 4.24. The number of anilines is 1. The van der Waals surface area contributed by atoms with Crippen molar-refractivity contribution in [3.63, 3.8) is 0 Å². The Morgan fingerprint density at radius 1 is 1.14 bits per heavy atom. The van der Waals surface area contributed by atoms with E-state index in [-0.39, 0.29) is 28.8 Å². The monoisotopic (exact) mass is 491 g/mol. The van der Waals surface area contributed by atoms with Gasteiger partial charge >= 0.3 is 6.09 Å². The van der Waals surface area contributed by atoms with Gasteiger partial charge in [-0.15, -0.1) is 0 Å². The number of hydroxylamine groups is 1. The van der Waals surface area contributed by atoms with Crippen LogP contribution in [0, 0.1) is 28.6 Å². The summed E-state index contributed by atoms with van der Waals surface area (Å²) in [6.07, 6.45) is 2.23. The van der Waals surface area contributed by atoms with Gasteiger partial charge in [0.1, 0.15) is 35.8 Å². The molecule has 0 bridgehead atoms. The molecule has 6 nitrogen and oxygen atoms in total. The maximum atomic E-state index is 15.0. The minimum atomic E-state index is -0.789. The number of piperidine rings is 1. The summed E-state index contributed by atoms with van der Waals surface area (Å²) in [5, 5.41) is 11.1. The molecule has 1 saturated heterocycles. The van der Waals surface area contributed by atoms with E-state index >= 15 is 0 Å². The molecule has 0 radical (unpaired) electrons. The summed E-state index contributed by atoms with van der Waals surface area (Å²) in [5.74, 6) is -2.11. The first-order valence-electron chi connectivity index (χ1n) is 11.6. The minimum absolute atomic E-state index is 0.0391. The topological polar surface area (TPSA) is 58.8 Å². The summed E-state index contributed by atoms with van der Waals surface area (Å²) < 4.78 is 50.5. The van der Waals surface area contributed by atoms with Crippen LogP contribution in [0.2, 0.25) is 0 Å². The maximum absolute atomic E-state index is 15.0. The van der Waals surface area contributed by atoms with Gasteiger partial charge in [0.15, 0.2) is 6.21 Å². The number of halogens is 3. The normalized spacial score (nSPS) is 15.3. The first-order valence-corrected chi connectivity index (χ1v) is 11.6. The molecule has 3 rings (SSSR count). The van der Waals surface area contributed by atoms with Gasteiger partial charge in [0.05, 0.1) is 0 Å². The van der Waals surface area contributed by atoms with Crippen molar-refractivity contribution in [2.75, 3.05) is 38.6 Å². The highest BCUT2D eigenvalue weighted by Crippen LogP contribution is 2.32. The lowest BCUT2D eigenvalue weighted by molar-refractivity contribution is -0.416.